The second kappa shape index (κ2) is 2.88. The van der Waals surface area contributed by atoms with Crippen LogP contribution in [0.4, 0.5) is 0 Å². The van der Waals surface area contributed by atoms with Crippen LogP contribution in [0, 0.1) is 5.92 Å². The van der Waals surface area contributed by atoms with Gasteiger partial charge in [0.05, 0.1) is 11.5 Å². The van der Waals surface area contributed by atoms with E-state index in [9.17, 15) is 8.42 Å². The summed E-state index contributed by atoms with van der Waals surface area (Å²) in [5, 5.41) is 0. The van der Waals surface area contributed by atoms with E-state index in [4.69, 9.17) is 5.73 Å². The van der Waals surface area contributed by atoms with Gasteiger partial charge in [-0.3, -0.25) is 0 Å². The van der Waals surface area contributed by atoms with E-state index < -0.39 is 9.84 Å². The zero-order valence-corrected chi connectivity index (χ0v) is 6.73. The molecular formula is C6H13NO2S. The first-order valence-electron chi connectivity index (χ1n) is 3.54. The predicted octanol–water partition coefficient (Wildman–Crippen LogP) is -0.230. The van der Waals surface area contributed by atoms with Gasteiger partial charge in [0, 0.05) is 6.54 Å². The standard InChI is InChI=1S/C6H13NO2S/c7-3-4-10(8,9)5-6-1-2-6/h6H,1-5,7H2. The lowest BCUT2D eigenvalue weighted by Gasteiger charge is -1.98. The van der Waals surface area contributed by atoms with Crippen LogP contribution < -0.4 is 5.73 Å². The summed E-state index contributed by atoms with van der Waals surface area (Å²) in [6, 6.07) is 0. The van der Waals surface area contributed by atoms with Crippen LogP contribution in [-0.4, -0.2) is 26.5 Å². The van der Waals surface area contributed by atoms with Gasteiger partial charge in [-0.25, -0.2) is 8.42 Å². The molecule has 1 aliphatic carbocycles. The second-order valence-electron chi connectivity index (χ2n) is 2.85. The normalized spacial score (nSPS) is 19.3. The van der Waals surface area contributed by atoms with Crippen LogP contribution in [0.25, 0.3) is 0 Å². The van der Waals surface area contributed by atoms with E-state index in [2.05, 4.69) is 0 Å². The van der Waals surface area contributed by atoms with Crippen molar-refractivity contribution in [2.75, 3.05) is 18.1 Å². The fraction of sp³-hybridized carbons (Fsp3) is 1.00. The Balaban J connectivity index is 2.34. The summed E-state index contributed by atoms with van der Waals surface area (Å²) in [6.07, 6.45) is 2.17. The predicted molar refractivity (Wildman–Crippen MR) is 40.4 cm³/mol. The molecular weight excluding hydrogens is 150 g/mol. The minimum absolute atomic E-state index is 0.156. The first-order chi connectivity index (χ1) is 4.64. The molecule has 0 aromatic carbocycles. The van der Waals surface area contributed by atoms with E-state index in [1.807, 2.05) is 0 Å². The SMILES string of the molecule is NCCS(=O)(=O)CC1CC1. The molecule has 0 atom stereocenters. The number of rotatable bonds is 4. The van der Waals surface area contributed by atoms with Crippen molar-refractivity contribution >= 4 is 9.84 Å². The molecule has 0 aromatic heterocycles. The average molecular weight is 163 g/mol. The second-order valence-corrected chi connectivity index (χ2v) is 5.08. The molecule has 4 heteroatoms. The summed E-state index contributed by atoms with van der Waals surface area (Å²) < 4.78 is 22.0. The Morgan fingerprint density at radius 2 is 2.00 bits per heavy atom. The Kier molecular flexibility index (Phi) is 2.31. The maximum atomic E-state index is 11.0. The topological polar surface area (TPSA) is 60.2 Å². The molecule has 0 aromatic rings. The van der Waals surface area contributed by atoms with E-state index in [1.165, 1.54) is 0 Å². The molecule has 0 radical (unpaired) electrons. The van der Waals surface area contributed by atoms with Gasteiger partial charge < -0.3 is 5.73 Å². The Morgan fingerprint density at radius 3 is 2.40 bits per heavy atom. The van der Waals surface area contributed by atoms with Gasteiger partial charge in [0.1, 0.15) is 0 Å². The largest absolute Gasteiger partial charge is 0.329 e. The first-order valence-corrected chi connectivity index (χ1v) is 5.37. The van der Waals surface area contributed by atoms with Crippen LogP contribution in [-0.2, 0) is 9.84 Å². The van der Waals surface area contributed by atoms with E-state index in [1.54, 1.807) is 0 Å². The third-order valence-electron chi connectivity index (χ3n) is 1.62. The van der Waals surface area contributed by atoms with E-state index in [0.717, 1.165) is 12.8 Å². The molecule has 1 aliphatic rings. The van der Waals surface area contributed by atoms with Crippen LogP contribution in [0.1, 0.15) is 12.8 Å². The summed E-state index contributed by atoms with van der Waals surface area (Å²) in [4.78, 5) is 0. The quantitative estimate of drug-likeness (QED) is 0.622. The lowest BCUT2D eigenvalue weighted by molar-refractivity contribution is 0.592. The smallest absolute Gasteiger partial charge is 0.151 e. The molecule has 3 nitrogen and oxygen atoms in total. The number of sulfone groups is 1. The minimum atomic E-state index is -2.79. The van der Waals surface area contributed by atoms with Crippen LogP contribution in [0.3, 0.4) is 0 Å². The van der Waals surface area contributed by atoms with Gasteiger partial charge in [-0.15, -0.1) is 0 Å². The number of nitrogens with two attached hydrogens (primary N) is 1. The van der Waals surface area contributed by atoms with Crippen LogP contribution >= 0.6 is 0 Å². The molecule has 0 unspecified atom stereocenters. The fourth-order valence-corrected chi connectivity index (χ4v) is 2.48. The minimum Gasteiger partial charge on any atom is -0.329 e. The fourth-order valence-electron chi connectivity index (χ4n) is 0.907. The molecule has 1 saturated carbocycles. The van der Waals surface area contributed by atoms with Crippen LogP contribution in [0.2, 0.25) is 0 Å². The highest BCUT2D eigenvalue weighted by atomic mass is 32.2. The molecule has 0 spiro atoms. The lowest BCUT2D eigenvalue weighted by Crippen LogP contribution is -2.19. The molecule has 0 saturated heterocycles. The van der Waals surface area contributed by atoms with Crippen molar-refractivity contribution < 1.29 is 8.42 Å². The zero-order chi connectivity index (χ0) is 7.61. The first kappa shape index (κ1) is 8.01. The maximum Gasteiger partial charge on any atom is 0.151 e. The average Bonchev–Trinajstić information content (AvgIpc) is 2.48. The van der Waals surface area contributed by atoms with E-state index in [-0.39, 0.29) is 12.3 Å². The highest BCUT2D eigenvalue weighted by molar-refractivity contribution is 7.91. The molecule has 0 heterocycles. The molecule has 0 amide bonds. The molecule has 1 rings (SSSR count). The van der Waals surface area contributed by atoms with E-state index >= 15 is 0 Å². The number of hydrogen-bond acceptors (Lipinski definition) is 3. The van der Waals surface area contributed by atoms with Crippen LogP contribution in [0.5, 0.6) is 0 Å². The summed E-state index contributed by atoms with van der Waals surface area (Å²) in [5.41, 5.74) is 5.13. The van der Waals surface area contributed by atoms with Crippen molar-refractivity contribution in [1.82, 2.24) is 0 Å². The molecule has 10 heavy (non-hydrogen) atoms. The van der Waals surface area contributed by atoms with Gasteiger partial charge in [0.2, 0.25) is 0 Å². The Morgan fingerprint density at radius 1 is 1.40 bits per heavy atom. The summed E-state index contributed by atoms with van der Waals surface area (Å²) >= 11 is 0. The number of hydrogen-bond donors (Lipinski definition) is 1. The van der Waals surface area contributed by atoms with Gasteiger partial charge in [-0.05, 0) is 18.8 Å². The van der Waals surface area contributed by atoms with Gasteiger partial charge in [0.25, 0.3) is 0 Å². The summed E-state index contributed by atoms with van der Waals surface area (Å²) in [5.74, 6) is 0.977. The lowest BCUT2D eigenvalue weighted by atomic mass is 10.5. The monoisotopic (exact) mass is 163 g/mol. The van der Waals surface area contributed by atoms with Crippen LogP contribution in [0.15, 0.2) is 0 Å². The summed E-state index contributed by atoms with van der Waals surface area (Å²) in [7, 11) is -2.79. The Bertz CT molecular complexity index is 194. The van der Waals surface area contributed by atoms with Crippen molar-refractivity contribution in [2.45, 2.75) is 12.8 Å². The van der Waals surface area contributed by atoms with E-state index in [0.29, 0.717) is 11.7 Å². The zero-order valence-electron chi connectivity index (χ0n) is 5.91. The molecule has 0 bridgehead atoms. The van der Waals surface area contributed by atoms with Crippen molar-refractivity contribution in [2.24, 2.45) is 11.7 Å². The Labute approximate surface area is 61.5 Å². The van der Waals surface area contributed by atoms with Crippen molar-refractivity contribution in [3.05, 3.63) is 0 Å². The highest BCUT2D eigenvalue weighted by Gasteiger charge is 2.27. The molecule has 60 valence electrons. The van der Waals surface area contributed by atoms with Crippen molar-refractivity contribution in [3.8, 4) is 0 Å². The molecule has 2 N–H and O–H groups in total. The third kappa shape index (κ3) is 2.66. The molecule has 0 aliphatic heterocycles. The molecule has 1 fully saturated rings. The van der Waals surface area contributed by atoms with Crippen molar-refractivity contribution in [3.63, 3.8) is 0 Å². The highest BCUT2D eigenvalue weighted by Crippen LogP contribution is 2.30. The van der Waals surface area contributed by atoms with Gasteiger partial charge in [0.15, 0.2) is 9.84 Å². The summed E-state index contributed by atoms with van der Waals surface area (Å²) in [6.45, 7) is 0.259. The van der Waals surface area contributed by atoms with Gasteiger partial charge >= 0.3 is 0 Å². The Hall–Kier alpha value is -0.0900. The third-order valence-corrected chi connectivity index (χ3v) is 3.45. The van der Waals surface area contributed by atoms with Crippen molar-refractivity contribution in [1.29, 1.82) is 0 Å². The maximum absolute atomic E-state index is 11.0. The van der Waals surface area contributed by atoms with Gasteiger partial charge in [-0.2, -0.15) is 0 Å². The van der Waals surface area contributed by atoms with Gasteiger partial charge in [-0.1, -0.05) is 0 Å².